The average Bonchev–Trinajstić information content (AvgIpc) is 2.79. The zero-order valence-corrected chi connectivity index (χ0v) is 13.3. The summed E-state index contributed by atoms with van der Waals surface area (Å²) in [6, 6.07) is 1.57. The quantitative estimate of drug-likeness (QED) is 0.639. The van der Waals surface area contributed by atoms with E-state index in [2.05, 4.69) is 0 Å². The topological polar surface area (TPSA) is 24.1 Å². The first kappa shape index (κ1) is 18.7. The Bertz CT molecular complexity index is 687. The van der Waals surface area contributed by atoms with Crippen LogP contribution < -0.4 is 4.57 Å². The van der Waals surface area contributed by atoms with E-state index < -0.39 is 23.5 Å². The molecule has 1 aromatic carbocycles. The fourth-order valence-electron chi connectivity index (χ4n) is 2.26. The van der Waals surface area contributed by atoms with Gasteiger partial charge in [-0.05, 0) is 18.2 Å². The minimum absolute atomic E-state index is 0.0802. The van der Waals surface area contributed by atoms with Crippen molar-refractivity contribution in [3.05, 3.63) is 51.0 Å². The SMILES string of the molecule is Cc1c(CCO)sc[n+]1Cc1cc(C(F)(F)F)cc(C(F)(F)F)c1. The fourth-order valence-corrected chi connectivity index (χ4v) is 3.24. The molecule has 0 amide bonds. The molecule has 0 unspecified atom stereocenters. The van der Waals surface area contributed by atoms with Gasteiger partial charge in [0.2, 0.25) is 5.51 Å². The van der Waals surface area contributed by atoms with Crippen LogP contribution in [-0.2, 0) is 25.3 Å². The van der Waals surface area contributed by atoms with Gasteiger partial charge in [-0.2, -0.15) is 30.9 Å². The summed E-state index contributed by atoms with van der Waals surface area (Å²) in [7, 11) is 0. The Labute approximate surface area is 138 Å². The Morgan fingerprint density at radius 2 is 1.54 bits per heavy atom. The van der Waals surface area contributed by atoms with Crippen LogP contribution in [0.1, 0.15) is 27.3 Å². The average molecular weight is 370 g/mol. The third kappa shape index (κ3) is 4.27. The second-order valence-electron chi connectivity index (χ2n) is 5.25. The highest BCUT2D eigenvalue weighted by Gasteiger charge is 2.37. The third-order valence-corrected chi connectivity index (χ3v) is 4.64. The first-order valence-corrected chi connectivity index (χ1v) is 7.76. The van der Waals surface area contributed by atoms with Crippen molar-refractivity contribution in [2.45, 2.75) is 32.2 Å². The van der Waals surface area contributed by atoms with Gasteiger partial charge in [0.25, 0.3) is 0 Å². The number of halogens is 6. The molecule has 1 heterocycles. The molecule has 0 spiro atoms. The Balaban J connectivity index is 2.43. The lowest BCUT2D eigenvalue weighted by Gasteiger charge is -2.13. The molecule has 0 aliphatic carbocycles. The third-order valence-electron chi connectivity index (χ3n) is 3.50. The van der Waals surface area contributed by atoms with Gasteiger partial charge >= 0.3 is 12.4 Å². The van der Waals surface area contributed by atoms with Crippen LogP contribution in [0, 0.1) is 6.92 Å². The van der Waals surface area contributed by atoms with Crippen molar-refractivity contribution in [1.82, 2.24) is 0 Å². The van der Waals surface area contributed by atoms with E-state index in [1.54, 1.807) is 17.0 Å². The van der Waals surface area contributed by atoms with Crippen LogP contribution in [0.3, 0.4) is 0 Å². The number of aliphatic hydroxyl groups is 1. The van der Waals surface area contributed by atoms with Crippen LogP contribution in [0.4, 0.5) is 26.3 Å². The van der Waals surface area contributed by atoms with Crippen molar-refractivity contribution in [3.8, 4) is 0 Å². The maximum atomic E-state index is 12.9. The number of aromatic nitrogens is 1. The van der Waals surface area contributed by atoms with Gasteiger partial charge in [0.05, 0.1) is 16.0 Å². The molecule has 0 saturated carbocycles. The summed E-state index contributed by atoms with van der Waals surface area (Å²) in [6.07, 6.45) is -9.32. The van der Waals surface area contributed by atoms with Crippen LogP contribution in [-0.4, -0.2) is 11.7 Å². The summed E-state index contributed by atoms with van der Waals surface area (Å²) in [4.78, 5) is 0.834. The summed E-state index contributed by atoms with van der Waals surface area (Å²) in [5.41, 5.74) is -0.403. The molecule has 24 heavy (non-hydrogen) atoms. The fraction of sp³-hybridized carbons (Fsp3) is 0.400. The number of benzene rings is 1. The van der Waals surface area contributed by atoms with Crippen LogP contribution in [0.5, 0.6) is 0 Å². The summed E-state index contributed by atoms with van der Waals surface area (Å²) >= 11 is 1.30. The summed E-state index contributed by atoms with van der Waals surface area (Å²) in [6.45, 7) is 1.52. The van der Waals surface area contributed by atoms with Crippen molar-refractivity contribution in [3.63, 3.8) is 0 Å². The van der Waals surface area contributed by atoms with Crippen LogP contribution in [0.2, 0.25) is 0 Å². The molecule has 1 aromatic heterocycles. The minimum atomic E-state index is -4.85. The van der Waals surface area contributed by atoms with Crippen molar-refractivity contribution < 1.29 is 36.0 Å². The number of thiazole rings is 1. The van der Waals surface area contributed by atoms with E-state index in [4.69, 9.17) is 5.11 Å². The number of rotatable bonds is 4. The van der Waals surface area contributed by atoms with E-state index in [1.165, 1.54) is 11.3 Å². The molecular weight excluding hydrogens is 356 g/mol. The Kier molecular flexibility index (Phi) is 5.24. The molecule has 0 aliphatic rings. The monoisotopic (exact) mass is 370 g/mol. The molecule has 2 rings (SSSR count). The lowest BCUT2D eigenvalue weighted by molar-refractivity contribution is -0.689. The van der Waals surface area contributed by atoms with Gasteiger partial charge in [-0.1, -0.05) is 11.3 Å². The number of alkyl halides is 6. The zero-order valence-electron chi connectivity index (χ0n) is 12.5. The highest BCUT2D eigenvalue weighted by molar-refractivity contribution is 7.09. The Hall–Kier alpha value is -1.61. The molecule has 9 heteroatoms. The van der Waals surface area contributed by atoms with Gasteiger partial charge in [-0.15, -0.1) is 0 Å². The summed E-state index contributed by atoms with van der Waals surface area (Å²) in [5, 5.41) is 8.94. The zero-order chi connectivity index (χ0) is 18.1. The molecule has 2 nitrogen and oxygen atoms in total. The molecule has 0 atom stereocenters. The molecule has 0 fully saturated rings. The van der Waals surface area contributed by atoms with Crippen LogP contribution >= 0.6 is 11.3 Å². The smallest absolute Gasteiger partial charge is 0.396 e. The minimum Gasteiger partial charge on any atom is -0.396 e. The maximum absolute atomic E-state index is 12.9. The normalized spacial score (nSPS) is 12.7. The molecular formula is C15H14F6NOS+. The summed E-state index contributed by atoms with van der Waals surface area (Å²) in [5.74, 6) is 0. The molecule has 0 bridgehead atoms. The van der Waals surface area contributed by atoms with E-state index in [9.17, 15) is 26.3 Å². The molecule has 1 N–H and O–H groups in total. The standard InChI is InChI=1S/C15H14F6NOS/c1-9-13(2-3-23)24-8-22(9)7-10-4-11(14(16,17)18)6-12(5-10)15(19,20)21/h4-6,8,23H,2-3,7H2,1H3/q+1. The molecule has 0 aliphatic heterocycles. The van der Waals surface area contributed by atoms with Crippen molar-refractivity contribution in [2.75, 3.05) is 6.61 Å². The first-order valence-electron chi connectivity index (χ1n) is 6.88. The second kappa shape index (κ2) is 6.72. The van der Waals surface area contributed by atoms with Crippen LogP contribution in [0.25, 0.3) is 0 Å². The van der Waals surface area contributed by atoms with Gasteiger partial charge in [0.1, 0.15) is 0 Å². The van der Waals surface area contributed by atoms with E-state index in [-0.39, 0.29) is 24.8 Å². The highest BCUT2D eigenvalue weighted by Crippen LogP contribution is 2.36. The largest absolute Gasteiger partial charge is 0.416 e. The Morgan fingerprint density at radius 1 is 1.00 bits per heavy atom. The number of hydrogen-bond donors (Lipinski definition) is 1. The van der Waals surface area contributed by atoms with E-state index in [1.807, 2.05) is 0 Å². The van der Waals surface area contributed by atoms with Gasteiger partial charge < -0.3 is 5.11 Å². The second-order valence-corrected chi connectivity index (χ2v) is 6.19. The molecule has 2 aromatic rings. The molecule has 0 saturated heterocycles. The van der Waals surface area contributed by atoms with Crippen molar-refractivity contribution in [1.29, 1.82) is 0 Å². The summed E-state index contributed by atoms with van der Waals surface area (Å²) < 4.78 is 78.7. The first-order chi connectivity index (χ1) is 11.0. The van der Waals surface area contributed by atoms with Crippen molar-refractivity contribution >= 4 is 11.3 Å². The number of hydrogen-bond acceptors (Lipinski definition) is 2. The molecule has 132 valence electrons. The van der Waals surface area contributed by atoms with Crippen molar-refractivity contribution in [2.24, 2.45) is 0 Å². The number of nitrogens with zero attached hydrogens (tertiary/aromatic N) is 1. The predicted octanol–water partition coefficient (Wildman–Crippen LogP) is 3.96. The van der Waals surface area contributed by atoms with E-state index in [0.717, 1.165) is 17.0 Å². The molecule has 0 radical (unpaired) electrons. The van der Waals surface area contributed by atoms with E-state index >= 15 is 0 Å². The highest BCUT2D eigenvalue weighted by atomic mass is 32.1. The van der Waals surface area contributed by atoms with Crippen LogP contribution in [0.15, 0.2) is 23.7 Å². The van der Waals surface area contributed by atoms with E-state index in [0.29, 0.717) is 12.1 Å². The van der Waals surface area contributed by atoms with Gasteiger partial charge in [0.15, 0.2) is 12.2 Å². The maximum Gasteiger partial charge on any atom is 0.416 e. The number of aliphatic hydroxyl groups excluding tert-OH is 1. The van der Waals surface area contributed by atoms with Gasteiger partial charge in [-0.25, -0.2) is 0 Å². The predicted molar refractivity (Wildman–Crippen MR) is 75.6 cm³/mol. The Morgan fingerprint density at radius 3 is 2.00 bits per heavy atom. The lowest BCUT2D eigenvalue weighted by atomic mass is 10.0. The van der Waals surface area contributed by atoms with Gasteiger partial charge in [-0.3, -0.25) is 0 Å². The van der Waals surface area contributed by atoms with Gasteiger partial charge in [0, 0.05) is 25.5 Å². The lowest BCUT2D eigenvalue weighted by Crippen LogP contribution is -2.35.